The summed E-state index contributed by atoms with van der Waals surface area (Å²) in [5, 5.41) is 3.15. The topological polar surface area (TPSA) is 81.7 Å². The Hall–Kier alpha value is -2.86. The summed E-state index contributed by atoms with van der Waals surface area (Å²) < 4.78 is 10.3. The number of esters is 1. The molecule has 0 radical (unpaired) electrons. The summed E-state index contributed by atoms with van der Waals surface area (Å²) in [5.74, 6) is -1.33. The predicted octanol–water partition coefficient (Wildman–Crippen LogP) is 3.53. The van der Waals surface area contributed by atoms with E-state index in [4.69, 9.17) is 21.1 Å². The van der Waals surface area contributed by atoms with Gasteiger partial charge in [-0.1, -0.05) is 37.6 Å². The average Bonchev–Trinajstić information content (AvgIpc) is 2.69. The summed E-state index contributed by atoms with van der Waals surface area (Å²) in [7, 11) is 1.46. The van der Waals surface area contributed by atoms with E-state index in [1.54, 1.807) is 62.4 Å². The zero-order valence-corrected chi connectivity index (χ0v) is 16.7. The van der Waals surface area contributed by atoms with Crippen molar-refractivity contribution in [2.24, 2.45) is 5.92 Å². The van der Waals surface area contributed by atoms with Crippen molar-refractivity contribution in [1.82, 2.24) is 5.32 Å². The zero-order valence-electron chi connectivity index (χ0n) is 15.9. The normalized spacial score (nSPS) is 11.6. The van der Waals surface area contributed by atoms with E-state index in [0.29, 0.717) is 21.9 Å². The van der Waals surface area contributed by atoms with Gasteiger partial charge in [-0.15, -0.1) is 0 Å². The molecule has 0 unspecified atom stereocenters. The molecule has 1 atom stereocenters. The average molecular weight is 404 g/mol. The number of carbonyl (C=O) groups is 3. The molecule has 28 heavy (non-hydrogen) atoms. The molecule has 2 aromatic rings. The van der Waals surface area contributed by atoms with Gasteiger partial charge in [-0.3, -0.25) is 9.59 Å². The van der Waals surface area contributed by atoms with Gasteiger partial charge in [-0.05, 0) is 42.3 Å². The summed E-state index contributed by atoms with van der Waals surface area (Å²) in [6.45, 7) is 3.10. The maximum absolute atomic E-state index is 12.5. The number of ether oxygens (including phenoxy) is 2. The van der Waals surface area contributed by atoms with Crippen molar-refractivity contribution in [3.8, 4) is 5.75 Å². The lowest BCUT2D eigenvalue weighted by atomic mass is 10.0. The zero-order chi connectivity index (χ0) is 20.7. The second-order valence-electron chi connectivity index (χ2n) is 6.43. The first-order valence-corrected chi connectivity index (χ1v) is 9.10. The van der Waals surface area contributed by atoms with Crippen LogP contribution in [0.15, 0.2) is 48.5 Å². The highest BCUT2D eigenvalue weighted by Gasteiger charge is 2.27. The van der Waals surface area contributed by atoms with Crippen LogP contribution in [-0.4, -0.2) is 37.4 Å². The maximum Gasteiger partial charge on any atom is 0.329 e. The molecule has 0 spiro atoms. The van der Waals surface area contributed by atoms with Crippen LogP contribution in [0, 0.1) is 5.92 Å². The first kappa shape index (κ1) is 21.4. The van der Waals surface area contributed by atoms with Gasteiger partial charge in [0.1, 0.15) is 11.8 Å². The van der Waals surface area contributed by atoms with E-state index in [9.17, 15) is 14.4 Å². The summed E-state index contributed by atoms with van der Waals surface area (Å²) in [5.41, 5.74) is 0.692. The number of methoxy groups -OCH3 is 1. The maximum atomic E-state index is 12.5. The molecule has 0 aromatic heterocycles. The molecule has 0 saturated heterocycles. The van der Waals surface area contributed by atoms with Gasteiger partial charge in [0.25, 0.3) is 5.91 Å². The third-order valence-electron chi connectivity index (χ3n) is 4.07. The van der Waals surface area contributed by atoms with Crippen molar-refractivity contribution in [2.45, 2.75) is 19.9 Å². The molecule has 0 aliphatic carbocycles. The fourth-order valence-electron chi connectivity index (χ4n) is 2.50. The number of hydrogen-bond donors (Lipinski definition) is 1. The largest absolute Gasteiger partial charge is 0.496 e. The first-order valence-electron chi connectivity index (χ1n) is 8.72. The number of nitrogens with one attached hydrogen (secondary N) is 1. The summed E-state index contributed by atoms with van der Waals surface area (Å²) in [4.78, 5) is 37.2. The molecule has 7 heteroatoms. The number of amides is 1. The van der Waals surface area contributed by atoms with Crippen LogP contribution in [0.25, 0.3) is 0 Å². The SMILES string of the molecule is COc1ccccc1C(=O)COC(=O)[C@H](NC(=O)c1ccc(Cl)cc1)C(C)C. The highest BCUT2D eigenvalue weighted by Crippen LogP contribution is 2.18. The van der Waals surface area contributed by atoms with Crippen molar-refractivity contribution >= 4 is 29.3 Å². The van der Waals surface area contributed by atoms with E-state index < -0.39 is 30.3 Å². The van der Waals surface area contributed by atoms with Crippen LogP contribution in [0.2, 0.25) is 5.02 Å². The number of rotatable bonds is 8. The summed E-state index contributed by atoms with van der Waals surface area (Å²) in [6, 6.07) is 12.1. The van der Waals surface area contributed by atoms with Crippen LogP contribution in [0.3, 0.4) is 0 Å². The first-order chi connectivity index (χ1) is 13.3. The molecule has 2 rings (SSSR count). The van der Waals surface area contributed by atoms with Crippen LogP contribution >= 0.6 is 11.6 Å². The quantitative estimate of drug-likeness (QED) is 0.538. The van der Waals surface area contributed by atoms with Gasteiger partial charge in [-0.25, -0.2) is 4.79 Å². The number of hydrogen-bond acceptors (Lipinski definition) is 5. The summed E-state index contributed by atoms with van der Waals surface area (Å²) >= 11 is 5.82. The minimum atomic E-state index is -0.895. The minimum absolute atomic E-state index is 0.231. The predicted molar refractivity (Wildman–Crippen MR) is 106 cm³/mol. The molecular weight excluding hydrogens is 382 g/mol. The molecule has 0 bridgehead atoms. The lowest BCUT2D eigenvalue weighted by Gasteiger charge is -2.21. The van der Waals surface area contributed by atoms with Crippen LogP contribution in [0.4, 0.5) is 0 Å². The Bertz CT molecular complexity index is 848. The Morgan fingerprint density at radius 2 is 1.68 bits per heavy atom. The fourth-order valence-corrected chi connectivity index (χ4v) is 2.63. The lowest BCUT2D eigenvalue weighted by Crippen LogP contribution is -2.45. The molecule has 1 amide bonds. The van der Waals surface area contributed by atoms with Crippen molar-refractivity contribution in [1.29, 1.82) is 0 Å². The number of Topliss-reactive ketones (excluding diaryl/α,β-unsaturated/α-hetero) is 1. The van der Waals surface area contributed by atoms with E-state index in [0.717, 1.165) is 0 Å². The molecule has 0 fully saturated rings. The minimum Gasteiger partial charge on any atom is -0.496 e. The lowest BCUT2D eigenvalue weighted by molar-refractivity contribution is -0.145. The van der Waals surface area contributed by atoms with Gasteiger partial charge in [0.15, 0.2) is 6.61 Å². The van der Waals surface area contributed by atoms with Gasteiger partial charge in [0.2, 0.25) is 5.78 Å². The van der Waals surface area contributed by atoms with E-state index in [1.807, 2.05) is 0 Å². The van der Waals surface area contributed by atoms with Crippen molar-refractivity contribution in [3.63, 3.8) is 0 Å². The number of halogens is 1. The van der Waals surface area contributed by atoms with Crippen molar-refractivity contribution in [2.75, 3.05) is 13.7 Å². The van der Waals surface area contributed by atoms with Gasteiger partial charge in [-0.2, -0.15) is 0 Å². The van der Waals surface area contributed by atoms with Crippen molar-refractivity contribution in [3.05, 3.63) is 64.7 Å². The number of benzene rings is 2. The number of para-hydroxylation sites is 1. The van der Waals surface area contributed by atoms with E-state index in [-0.39, 0.29) is 5.92 Å². The van der Waals surface area contributed by atoms with Gasteiger partial charge in [0, 0.05) is 10.6 Å². The Morgan fingerprint density at radius 3 is 2.29 bits per heavy atom. The highest BCUT2D eigenvalue weighted by molar-refractivity contribution is 6.30. The molecule has 0 heterocycles. The highest BCUT2D eigenvalue weighted by atomic mass is 35.5. The Balaban J connectivity index is 2.01. The number of ketones is 1. The second-order valence-corrected chi connectivity index (χ2v) is 6.87. The Labute approximate surface area is 168 Å². The molecule has 0 aliphatic rings. The van der Waals surface area contributed by atoms with Crippen LogP contribution in [0.5, 0.6) is 5.75 Å². The van der Waals surface area contributed by atoms with E-state index in [2.05, 4.69) is 5.32 Å². The Kier molecular flexibility index (Phi) is 7.58. The third kappa shape index (κ3) is 5.57. The van der Waals surface area contributed by atoms with Gasteiger partial charge in [0.05, 0.1) is 12.7 Å². The monoisotopic (exact) mass is 403 g/mol. The standard InChI is InChI=1S/C21H22ClNO5/c1-13(2)19(23-20(25)14-8-10-15(22)11-9-14)21(26)28-12-17(24)16-6-4-5-7-18(16)27-3/h4-11,13,19H,12H2,1-3H3,(H,23,25)/t19-/m1/s1. The molecule has 0 aliphatic heterocycles. The molecule has 6 nitrogen and oxygen atoms in total. The molecule has 148 valence electrons. The second kappa shape index (κ2) is 9.90. The van der Waals surface area contributed by atoms with Crippen LogP contribution in [0.1, 0.15) is 34.6 Å². The smallest absolute Gasteiger partial charge is 0.329 e. The van der Waals surface area contributed by atoms with Gasteiger partial charge >= 0.3 is 5.97 Å². The fraction of sp³-hybridized carbons (Fsp3) is 0.286. The van der Waals surface area contributed by atoms with Crippen molar-refractivity contribution < 1.29 is 23.9 Å². The molecular formula is C21H22ClNO5. The van der Waals surface area contributed by atoms with E-state index >= 15 is 0 Å². The molecule has 0 saturated carbocycles. The Morgan fingerprint density at radius 1 is 1.04 bits per heavy atom. The third-order valence-corrected chi connectivity index (χ3v) is 4.32. The van der Waals surface area contributed by atoms with Crippen LogP contribution in [-0.2, 0) is 9.53 Å². The molecule has 2 aromatic carbocycles. The van der Waals surface area contributed by atoms with Crippen LogP contribution < -0.4 is 10.1 Å². The van der Waals surface area contributed by atoms with E-state index in [1.165, 1.54) is 7.11 Å². The number of carbonyl (C=O) groups excluding carboxylic acids is 3. The molecule has 1 N–H and O–H groups in total. The van der Waals surface area contributed by atoms with Gasteiger partial charge < -0.3 is 14.8 Å². The summed E-state index contributed by atoms with van der Waals surface area (Å²) in [6.07, 6.45) is 0.